The molecule has 132 valence electrons. The lowest BCUT2D eigenvalue weighted by molar-refractivity contribution is -0.139. The van der Waals surface area contributed by atoms with Crippen molar-refractivity contribution in [2.45, 2.75) is 77.6 Å². The molecule has 2 heteroatoms. The van der Waals surface area contributed by atoms with Gasteiger partial charge in [0, 0.05) is 12.0 Å². The molecule has 0 aliphatic rings. The summed E-state index contributed by atoms with van der Waals surface area (Å²) in [5.74, 6) is 6.24. The first-order chi connectivity index (χ1) is 11.8. The van der Waals surface area contributed by atoms with Crippen LogP contribution < -0.4 is 0 Å². The van der Waals surface area contributed by atoms with Crippen LogP contribution in [0.2, 0.25) is 0 Å². The maximum absolute atomic E-state index is 11.4. The molecular formula is C22H32O2. The molecule has 0 radical (unpaired) electrons. The van der Waals surface area contributed by atoms with Gasteiger partial charge in [0.1, 0.15) is 0 Å². The van der Waals surface area contributed by atoms with Crippen molar-refractivity contribution in [3.63, 3.8) is 0 Å². The fourth-order valence-electron chi connectivity index (χ4n) is 2.71. The molecule has 0 unspecified atom stereocenters. The molecule has 24 heavy (non-hydrogen) atoms. The van der Waals surface area contributed by atoms with Crippen molar-refractivity contribution in [3.8, 4) is 11.8 Å². The monoisotopic (exact) mass is 328 g/mol. The molecule has 0 atom stereocenters. The zero-order valence-electron chi connectivity index (χ0n) is 15.4. The second kappa shape index (κ2) is 13.7. The van der Waals surface area contributed by atoms with Crippen molar-refractivity contribution >= 4 is 5.97 Å². The number of carbonyl (C=O) groups is 1. The van der Waals surface area contributed by atoms with Gasteiger partial charge in [-0.25, -0.2) is 0 Å². The minimum atomic E-state index is -0.219. The van der Waals surface area contributed by atoms with Crippen LogP contribution in [0.15, 0.2) is 24.3 Å². The molecule has 1 aromatic rings. The van der Waals surface area contributed by atoms with Gasteiger partial charge in [-0.2, -0.15) is 0 Å². The third-order valence-corrected chi connectivity index (χ3v) is 4.21. The van der Waals surface area contributed by atoms with E-state index in [-0.39, 0.29) is 5.97 Å². The van der Waals surface area contributed by atoms with Crippen LogP contribution in [0.5, 0.6) is 0 Å². The van der Waals surface area contributed by atoms with E-state index in [1.165, 1.54) is 64.9 Å². The minimum absolute atomic E-state index is 0.219. The third kappa shape index (κ3) is 9.40. The van der Waals surface area contributed by atoms with Gasteiger partial charge in [-0.05, 0) is 18.1 Å². The molecule has 0 saturated carbocycles. The van der Waals surface area contributed by atoms with Gasteiger partial charge < -0.3 is 4.74 Å². The van der Waals surface area contributed by atoms with Gasteiger partial charge in [0.2, 0.25) is 0 Å². The van der Waals surface area contributed by atoms with Gasteiger partial charge >= 0.3 is 5.97 Å². The Morgan fingerprint density at radius 3 is 2.25 bits per heavy atom. The summed E-state index contributed by atoms with van der Waals surface area (Å²) in [6.07, 6.45) is 13.2. The van der Waals surface area contributed by atoms with Crippen LogP contribution in [0.3, 0.4) is 0 Å². The Hall–Kier alpha value is -1.75. The Morgan fingerprint density at radius 2 is 1.58 bits per heavy atom. The van der Waals surface area contributed by atoms with E-state index in [0.29, 0.717) is 6.42 Å². The number of esters is 1. The predicted octanol–water partition coefficient (Wildman–Crippen LogP) is 5.67. The highest BCUT2D eigenvalue weighted by Gasteiger charge is 2.05. The van der Waals surface area contributed by atoms with Crippen LogP contribution in [0.25, 0.3) is 0 Å². The van der Waals surface area contributed by atoms with Crippen LogP contribution in [0.1, 0.15) is 82.3 Å². The molecule has 0 aromatic heterocycles. The van der Waals surface area contributed by atoms with Crippen molar-refractivity contribution in [1.82, 2.24) is 0 Å². The minimum Gasteiger partial charge on any atom is -0.469 e. The summed E-state index contributed by atoms with van der Waals surface area (Å²) in [4.78, 5) is 11.4. The quantitative estimate of drug-likeness (QED) is 0.297. The van der Waals surface area contributed by atoms with Crippen LogP contribution in [0, 0.1) is 11.8 Å². The lowest BCUT2D eigenvalue weighted by Gasteiger charge is -2.02. The summed E-state index contributed by atoms with van der Waals surface area (Å²) < 4.78 is 4.73. The number of hydrogen-bond acceptors (Lipinski definition) is 2. The summed E-state index contributed by atoms with van der Waals surface area (Å²) >= 11 is 0. The number of rotatable bonds is 11. The SMILES string of the molecule is CCCCCCCCCCCC#Cc1ccccc1CC(=O)OC. The Bertz CT molecular complexity index is 522. The highest BCUT2D eigenvalue weighted by molar-refractivity contribution is 5.73. The molecule has 0 heterocycles. The lowest BCUT2D eigenvalue weighted by atomic mass is 10.0. The number of unbranched alkanes of at least 4 members (excludes halogenated alkanes) is 9. The van der Waals surface area contributed by atoms with Gasteiger partial charge in [-0.1, -0.05) is 88.3 Å². The largest absolute Gasteiger partial charge is 0.469 e. The fourth-order valence-corrected chi connectivity index (χ4v) is 2.71. The van der Waals surface area contributed by atoms with Crippen LogP contribution in [-0.4, -0.2) is 13.1 Å². The molecule has 0 N–H and O–H groups in total. The van der Waals surface area contributed by atoms with Crippen LogP contribution in [0.4, 0.5) is 0 Å². The molecule has 0 bridgehead atoms. The first-order valence-electron chi connectivity index (χ1n) is 9.41. The molecule has 0 fully saturated rings. The maximum atomic E-state index is 11.4. The Morgan fingerprint density at radius 1 is 0.958 bits per heavy atom. The molecular weight excluding hydrogens is 296 g/mol. The average molecular weight is 328 g/mol. The van der Waals surface area contributed by atoms with E-state index in [1.54, 1.807) is 0 Å². The molecule has 2 nitrogen and oxygen atoms in total. The zero-order valence-corrected chi connectivity index (χ0v) is 15.4. The van der Waals surface area contributed by atoms with Crippen LogP contribution >= 0.6 is 0 Å². The average Bonchev–Trinajstić information content (AvgIpc) is 2.60. The van der Waals surface area contributed by atoms with Gasteiger partial charge in [-0.3, -0.25) is 4.79 Å². The molecule has 0 amide bonds. The van der Waals surface area contributed by atoms with Gasteiger partial charge in [0.25, 0.3) is 0 Å². The third-order valence-electron chi connectivity index (χ3n) is 4.21. The Balaban J connectivity index is 2.21. The highest BCUT2D eigenvalue weighted by atomic mass is 16.5. The van der Waals surface area contributed by atoms with E-state index in [2.05, 4.69) is 18.8 Å². The van der Waals surface area contributed by atoms with E-state index in [4.69, 9.17) is 4.74 Å². The first-order valence-corrected chi connectivity index (χ1v) is 9.41. The summed E-state index contributed by atoms with van der Waals surface area (Å²) in [5, 5.41) is 0. The van der Waals surface area contributed by atoms with Crippen LogP contribution in [-0.2, 0) is 16.0 Å². The first kappa shape index (κ1) is 20.3. The Labute approximate surface area is 148 Å². The van der Waals surface area contributed by atoms with E-state index in [9.17, 15) is 4.79 Å². The molecule has 0 aliphatic heterocycles. The number of benzene rings is 1. The van der Waals surface area contributed by atoms with Crippen molar-refractivity contribution in [1.29, 1.82) is 0 Å². The smallest absolute Gasteiger partial charge is 0.310 e. The van der Waals surface area contributed by atoms with Gasteiger partial charge in [0.15, 0.2) is 0 Å². The predicted molar refractivity (Wildman–Crippen MR) is 101 cm³/mol. The standard InChI is InChI=1S/C22H32O2/c1-3-4-5-6-7-8-9-10-11-12-13-16-20-17-14-15-18-21(20)19-22(23)24-2/h14-15,17-18H,3-12,19H2,1-2H3. The molecule has 1 rings (SSSR count). The van der Waals surface area contributed by atoms with E-state index >= 15 is 0 Å². The van der Waals surface area contributed by atoms with Crippen molar-refractivity contribution in [2.75, 3.05) is 7.11 Å². The number of ether oxygens (including phenoxy) is 1. The molecule has 0 saturated heterocycles. The van der Waals surface area contributed by atoms with Gasteiger partial charge in [0.05, 0.1) is 13.5 Å². The number of hydrogen-bond donors (Lipinski definition) is 0. The van der Waals surface area contributed by atoms with E-state index in [0.717, 1.165) is 17.5 Å². The van der Waals surface area contributed by atoms with Crippen molar-refractivity contribution in [2.24, 2.45) is 0 Å². The number of methoxy groups -OCH3 is 1. The summed E-state index contributed by atoms with van der Waals surface area (Å²) in [6, 6.07) is 7.81. The zero-order chi connectivity index (χ0) is 17.5. The molecule has 0 aliphatic carbocycles. The normalized spacial score (nSPS) is 10.1. The lowest BCUT2D eigenvalue weighted by Crippen LogP contribution is -2.05. The summed E-state index contributed by atoms with van der Waals surface area (Å²) in [5.41, 5.74) is 1.89. The second-order valence-corrected chi connectivity index (χ2v) is 6.29. The topological polar surface area (TPSA) is 26.3 Å². The Kier molecular flexibility index (Phi) is 11.6. The van der Waals surface area contributed by atoms with E-state index < -0.39 is 0 Å². The molecule has 1 aromatic carbocycles. The van der Waals surface area contributed by atoms with E-state index in [1.807, 2.05) is 24.3 Å². The summed E-state index contributed by atoms with van der Waals surface area (Å²) in [6.45, 7) is 2.26. The van der Waals surface area contributed by atoms with Gasteiger partial charge in [-0.15, -0.1) is 0 Å². The van der Waals surface area contributed by atoms with Crippen molar-refractivity contribution < 1.29 is 9.53 Å². The number of carbonyl (C=O) groups excluding carboxylic acids is 1. The molecule has 0 spiro atoms. The highest BCUT2D eigenvalue weighted by Crippen LogP contribution is 2.11. The summed E-state index contributed by atoms with van der Waals surface area (Å²) in [7, 11) is 1.42. The van der Waals surface area contributed by atoms with Crippen molar-refractivity contribution in [3.05, 3.63) is 35.4 Å². The fraction of sp³-hybridized carbons (Fsp3) is 0.591. The second-order valence-electron chi connectivity index (χ2n) is 6.29. The maximum Gasteiger partial charge on any atom is 0.310 e.